The fourth-order valence-electron chi connectivity index (χ4n) is 1.48. The second kappa shape index (κ2) is 5.01. The molecule has 0 amide bonds. The Morgan fingerprint density at radius 1 is 1.28 bits per heavy atom. The molecule has 0 radical (unpaired) electrons. The van der Waals surface area contributed by atoms with Crippen LogP contribution in [0.5, 0.6) is 0 Å². The predicted octanol–water partition coefficient (Wildman–Crippen LogP) is 3.80. The summed E-state index contributed by atoms with van der Waals surface area (Å²) in [7, 11) is 0. The fraction of sp³-hybridized carbons (Fsp3) is 0.182. The van der Waals surface area contributed by atoms with Gasteiger partial charge in [-0.1, -0.05) is 15.9 Å². The van der Waals surface area contributed by atoms with Crippen molar-refractivity contribution >= 4 is 21.6 Å². The van der Waals surface area contributed by atoms with E-state index in [2.05, 4.69) is 31.4 Å². The molecule has 3 nitrogen and oxygen atoms in total. The first-order chi connectivity index (χ1) is 8.47. The van der Waals surface area contributed by atoms with Crippen molar-refractivity contribution in [3.63, 3.8) is 0 Å². The van der Waals surface area contributed by atoms with Crippen molar-refractivity contribution in [2.45, 2.75) is 12.7 Å². The lowest BCUT2D eigenvalue weighted by Gasteiger charge is -2.14. The van der Waals surface area contributed by atoms with Crippen LogP contribution < -0.4 is 5.32 Å². The van der Waals surface area contributed by atoms with Crippen LogP contribution >= 0.6 is 15.9 Å². The molecule has 0 unspecified atom stereocenters. The summed E-state index contributed by atoms with van der Waals surface area (Å²) in [6, 6.07) is 5.70. The van der Waals surface area contributed by atoms with Gasteiger partial charge in [0.05, 0.1) is 17.8 Å². The van der Waals surface area contributed by atoms with Crippen LogP contribution in [0.15, 0.2) is 34.9 Å². The molecule has 2 aromatic rings. The molecule has 2 rings (SSSR count). The van der Waals surface area contributed by atoms with Crippen molar-refractivity contribution in [3.8, 4) is 0 Å². The number of hydrogen-bond donors (Lipinski definition) is 2. The number of nitrogens with zero attached hydrogens (tertiary/aromatic N) is 1. The zero-order valence-electron chi connectivity index (χ0n) is 9.05. The van der Waals surface area contributed by atoms with E-state index in [1.54, 1.807) is 18.3 Å². The summed E-state index contributed by atoms with van der Waals surface area (Å²) in [6.07, 6.45) is -2.84. The Hall–Kier alpha value is -1.50. The number of aromatic amines is 1. The second-order valence-electron chi connectivity index (χ2n) is 3.62. The van der Waals surface area contributed by atoms with Gasteiger partial charge in [0.25, 0.3) is 0 Å². The molecule has 1 aromatic heterocycles. The van der Waals surface area contributed by atoms with E-state index in [0.717, 1.165) is 6.07 Å². The van der Waals surface area contributed by atoms with Crippen molar-refractivity contribution in [2.75, 3.05) is 5.32 Å². The van der Waals surface area contributed by atoms with E-state index >= 15 is 0 Å². The number of hydrogen-bond acceptors (Lipinski definition) is 2. The Morgan fingerprint density at radius 2 is 2.06 bits per heavy atom. The molecular weight excluding hydrogens is 311 g/mol. The molecule has 0 spiro atoms. The van der Waals surface area contributed by atoms with Gasteiger partial charge in [0.15, 0.2) is 0 Å². The topological polar surface area (TPSA) is 40.7 Å². The molecule has 7 heteroatoms. The van der Waals surface area contributed by atoms with Crippen LogP contribution in [0.3, 0.4) is 0 Å². The Kier molecular flexibility index (Phi) is 3.60. The fourth-order valence-corrected chi connectivity index (χ4v) is 1.84. The molecular formula is C11H9BrF3N3. The first-order valence-electron chi connectivity index (χ1n) is 5.05. The van der Waals surface area contributed by atoms with Gasteiger partial charge in [-0.05, 0) is 24.3 Å². The molecule has 0 atom stereocenters. The van der Waals surface area contributed by atoms with Gasteiger partial charge in [-0.15, -0.1) is 0 Å². The number of aromatic nitrogens is 2. The monoisotopic (exact) mass is 319 g/mol. The van der Waals surface area contributed by atoms with E-state index in [1.165, 1.54) is 6.07 Å². The summed E-state index contributed by atoms with van der Waals surface area (Å²) < 4.78 is 38.8. The molecule has 0 bridgehead atoms. The highest BCUT2D eigenvalue weighted by Gasteiger charge is 2.33. The summed E-state index contributed by atoms with van der Waals surface area (Å²) in [5.41, 5.74) is 0.0581. The van der Waals surface area contributed by atoms with E-state index in [9.17, 15) is 13.2 Å². The second-order valence-corrected chi connectivity index (χ2v) is 4.54. The molecule has 1 aromatic carbocycles. The molecule has 0 aliphatic heterocycles. The number of benzene rings is 1. The van der Waals surface area contributed by atoms with Crippen molar-refractivity contribution in [2.24, 2.45) is 0 Å². The summed E-state index contributed by atoms with van der Waals surface area (Å²) in [6.45, 7) is 0.255. The predicted molar refractivity (Wildman–Crippen MR) is 65.1 cm³/mol. The van der Waals surface area contributed by atoms with Gasteiger partial charge in [0.2, 0.25) is 0 Å². The van der Waals surface area contributed by atoms with Crippen LogP contribution in [0.1, 0.15) is 11.3 Å². The minimum Gasteiger partial charge on any atom is -0.379 e. The van der Waals surface area contributed by atoms with Gasteiger partial charge in [-0.2, -0.15) is 18.3 Å². The molecule has 18 heavy (non-hydrogen) atoms. The van der Waals surface area contributed by atoms with Crippen LogP contribution in [-0.4, -0.2) is 10.2 Å². The number of nitrogens with one attached hydrogen (secondary N) is 2. The molecule has 2 N–H and O–H groups in total. The number of rotatable bonds is 3. The maximum absolute atomic E-state index is 12.8. The summed E-state index contributed by atoms with van der Waals surface area (Å²) in [5.74, 6) is 0. The third-order valence-electron chi connectivity index (χ3n) is 2.31. The Labute approximate surface area is 110 Å². The normalized spacial score (nSPS) is 11.6. The first-order valence-corrected chi connectivity index (χ1v) is 5.85. The van der Waals surface area contributed by atoms with Crippen LogP contribution in [0.25, 0.3) is 0 Å². The quantitative estimate of drug-likeness (QED) is 0.903. The maximum atomic E-state index is 12.8. The highest BCUT2D eigenvalue weighted by atomic mass is 79.9. The molecule has 0 fully saturated rings. The summed E-state index contributed by atoms with van der Waals surface area (Å²) >= 11 is 3.03. The lowest BCUT2D eigenvalue weighted by Crippen LogP contribution is -2.11. The zero-order chi connectivity index (χ0) is 13.2. The Balaban J connectivity index is 2.22. The average Bonchev–Trinajstić information content (AvgIpc) is 2.79. The standard InChI is InChI=1S/C11H9BrF3N3/c12-7-1-2-10(9(5-7)11(13,14)15)16-6-8-3-4-17-18-8/h1-5,16H,6H2,(H,17,18). The van der Waals surface area contributed by atoms with Gasteiger partial charge >= 0.3 is 6.18 Å². The van der Waals surface area contributed by atoms with Crippen molar-refractivity contribution < 1.29 is 13.2 Å². The highest BCUT2D eigenvalue weighted by molar-refractivity contribution is 9.10. The third-order valence-corrected chi connectivity index (χ3v) is 2.81. The molecule has 0 aliphatic carbocycles. The zero-order valence-corrected chi connectivity index (χ0v) is 10.6. The Morgan fingerprint density at radius 3 is 2.67 bits per heavy atom. The first kappa shape index (κ1) is 12.9. The Bertz CT molecular complexity index is 523. The lowest BCUT2D eigenvalue weighted by molar-refractivity contribution is -0.137. The van der Waals surface area contributed by atoms with E-state index in [0.29, 0.717) is 10.2 Å². The average molecular weight is 320 g/mol. The van der Waals surface area contributed by atoms with Gasteiger partial charge in [0.1, 0.15) is 0 Å². The largest absolute Gasteiger partial charge is 0.418 e. The van der Waals surface area contributed by atoms with Crippen molar-refractivity contribution in [1.29, 1.82) is 0 Å². The lowest BCUT2D eigenvalue weighted by atomic mass is 10.1. The van der Waals surface area contributed by atoms with E-state index in [1.807, 2.05) is 0 Å². The maximum Gasteiger partial charge on any atom is 0.418 e. The van der Waals surface area contributed by atoms with E-state index in [-0.39, 0.29) is 12.2 Å². The summed E-state index contributed by atoms with van der Waals surface area (Å²) in [4.78, 5) is 0. The van der Waals surface area contributed by atoms with Crippen LogP contribution in [0.2, 0.25) is 0 Å². The van der Waals surface area contributed by atoms with Crippen LogP contribution in [0.4, 0.5) is 18.9 Å². The molecule has 1 heterocycles. The van der Waals surface area contributed by atoms with Gasteiger partial charge < -0.3 is 5.32 Å². The van der Waals surface area contributed by atoms with Crippen molar-refractivity contribution in [3.05, 3.63) is 46.2 Å². The SMILES string of the molecule is FC(F)(F)c1cc(Br)ccc1NCc1ccn[nH]1. The summed E-state index contributed by atoms with van der Waals surface area (Å²) in [5, 5.41) is 9.14. The molecule has 0 aliphatic rings. The minimum absolute atomic E-state index is 0.0419. The van der Waals surface area contributed by atoms with Crippen LogP contribution in [0, 0.1) is 0 Å². The minimum atomic E-state index is -4.39. The van der Waals surface area contributed by atoms with Gasteiger partial charge in [-0.25, -0.2) is 0 Å². The number of halogens is 4. The van der Waals surface area contributed by atoms with Crippen molar-refractivity contribution in [1.82, 2.24) is 10.2 Å². The number of H-pyrrole nitrogens is 1. The number of anilines is 1. The van der Waals surface area contributed by atoms with E-state index in [4.69, 9.17) is 0 Å². The van der Waals surface area contributed by atoms with E-state index < -0.39 is 11.7 Å². The van der Waals surface area contributed by atoms with Gasteiger partial charge in [-0.3, -0.25) is 5.10 Å². The smallest absolute Gasteiger partial charge is 0.379 e. The third kappa shape index (κ3) is 3.04. The van der Waals surface area contributed by atoms with Crippen LogP contribution in [-0.2, 0) is 12.7 Å². The molecule has 96 valence electrons. The highest BCUT2D eigenvalue weighted by Crippen LogP contribution is 2.36. The molecule has 0 saturated heterocycles. The number of alkyl halides is 3. The van der Waals surface area contributed by atoms with Gasteiger partial charge in [0, 0.05) is 16.4 Å². The molecule has 0 saturated carbocycles.